The van der Waals surface area contributed by atoms with Crippen LogP contribution in [0.25, 0.3) is 0 Å². The van der Waals surface area contributed by atoms with Gasteiger partial charge in [0, 0.05) is 20.1 Å². The Hall–Kier alpha value is -0.170. The van der Waals surface area contributed by atoms with Crippen LogP contribution >= 0.6 is 0 Å². The minimum atomic E-state index is -3.35. The summed E-state index contributed by atoms with van der Waals surface area (Å²) in [5, 5.41) is 9.55. The SMILES string of the molecule is CCCCN(C)S(=O)(=O)NC[C@H]1CCC[C@@H](O)C1. The lowest BCUT2D eigenvalue weighted by atomic mass is 9.87. The van der Waals surface area contributed by atoms with E-state index in [4.69, 9.17) is 0 Å². The maximum absolute atomic E-state index is 11.9. The van der Waals surface area contributed by atoms with Gasteiger partial charge in [-0.15, -0.1) is 0 Å². The Morgan fingerprint density at radius 1 is 1.39 bits per heavy atom. The Morgan fingerprint density at radius 3 is 2.72 bits per heavy atom. The predicted octanol–water partition coefficient (Wildman–Crippen LogP) is 1.10. The fraction of sp³-hybridized carbons (Fsp3) is 1.00. The van der Waals surface area contributed by atoms with Gasteiger partial charge in [0.2, 0.25) is 0 Å². The summed E-state index contributed by atoms with van der Waals surface area (Å²) >= 11 is 0. The number of aliphatic hydroxyl groups is 1. The van der Waals surface area contributed by atoms with Crippen molar-refractivity contribution in [1.82, 2.24) is 9.03 Å². The molecule has 6 heteroatoms. The molecular weight excluding hydrogens is 252 g/mol. The molecule has 0 bridgehead atoms. The molecule has 2 N–H and O–H groups in total. The van der Waals surface area contributed by atoms with Gasteiger partial charge in [0.1, 0.15) is 0 Å². The molecule has 0 spiro atoms. The molecule has 1 rings (SSSR count). The van der Waals surface area contributed by atoms with Crippen LogP contribution in [0, 0.1) is 5.92 Å². The van der Waals surface area contributed by atoms with Crippen LogP contribution in [0.5, 0.6) is 0 Å². The van der Waals surface area contributed by atoms with Crippen LogP contribution in [-0.4, -0.2) is 44.1 Å². The van der Waals surface area contributed by atoms with Crippen molar-refractivity contribution >= 4 is 10.2 Å². The van der Waals surface area contributed by atoms with Gasteiger partial charge in [-0.05, 0) is 31.6 Å². The van der Waals surface area contributed by atoms with E-state index in [0.29, 0.717) is 19.5 Å². The molecule has 0 amide bonds. The molecular formula is C12H26N2O3S. The molecule has 1 fully saturated rings. The molecule has 1 aliphatic rings. The second kappa shape index (κ2) is 7.43. The topological polar surface area (TPSA) is 69.6 Å². The number of aliphatic hydroxyl groups excluding tert-OH is 1. The standard InChI is InChI=1S/C12H26N2O3S/c1-3-4-8-14(2)18(16,17)13-10-11-6-5-7-12(15)9-11/h11-13,15H,3-10H2,1-2H3/t11-,12+/m0/s1. The van der Waals surface area contributed by atoms with E-state index in [2.05, 4.69) is 4.72 Å². The first-order valence-electron chi connectivity index (χ1n) is 6.84. The number of nitrogens with zero attached hydrogens (tertiary/aromatic N) is 1. The molecule has 0 aromatic heterocycles. The summed E-state index contributed by atoms with van der Waals surface area (Å²) in [6, 6.07) is 0. The van der Waals surface area contributed by atoms with Crippen molar-refractivity contribution in [3.05, 3.63) is 0 Å². The number of hydrogen-bond donors (Lipinski definition) is 2. The lowest BCUT2D eigenvalue weighted by molar-refractivity contribution is 0.102. The fourth-order valence-corrected chi connectivity index (χ4v) is 3.32. The zero-order valence-electron chi connectivity index (χ0n) is 11.4. The highest BCUT2D eigenvalue weighted by molar-refractivity contribution is 7.87. The summed E-state index contributed by atoms with van der Waals surface area (Å²) in [6.45, 7) is 3.03. The molecule has 0 aromatic carbocycles. The first-order chi connectivity index (χ1) is 8.45. The van der Waals surface area contributed by atoms with Gasteiger partial charge in [0.05, 0.1) is 6.10 Å². The lowest BCUT2D eigenvalue weighted by Crippen LogP contribution is -2.41. The average molecular weight is 278 g/mol. The highest BCUT2D eigenvalue weighted by Crippen LogP contribution is 2.23. The molecule has 0 unspecified atom stereocenters. The zero-order valence-corrected chi connectivity index (χ0v) is 12.2. The molecule has 5 nitrogen and oxygen atoms in total. The van der Waals surface area contributed by atoms with Crippen LogP contribution in [0.1, 0.15) is 45.4 Å². The Labute approximate surface area is 111 Å². The molecule has 18 heavy (non-hydrogen) atoms. The zero-order chi connectivity index (χ0) is 13.6. The molecule has 1 aliphatic carbocycles. The van der Waals surface area contributed by atoms with Crippen LogP contribution < -0.4 is 4.72 Å². The Morgan fingerprint density at radius 2 is 2.11 bits per heavy atom. The molecule has 108 valence electrons. The van der Waals surface area contributed by atoms with E-state index in [9.17, 15) is 13.5 Å². The summed E-state index contributed by atoms with van der Waals surface area (Å²) < 4.78 is 27.8. The Balaban J connectivity index is 2.36. The molecule has 0 radical (unpaired) electrons. The predicted molar refractivity (Wildman–Crippen MR) is 72.4 cm³/mol. The van der Waals surface area contributed by atoms with Gasteiger partial charge in [-0.2, -0.15) is 12.7 Å². The fourth-order valence-electron chi connectivity index (χ4n) is 2.28. The van der Waals surface area contributed by atoms with E-state index in [1.54, 1.807) is 7.05 Å². The quantitative estimate of drug-likeness (QED) is 0.733. The summed E-state index contributed by atoms with van der Waals surface area (Å²) in [6.07, 6.45) is 5.14. The summed E-state index contributed by atoms with van der Waals surface area (Å²) in [5.74, 6) is 0.267. The van der Waals surface area contributed by atoms with Crippen molar-refractivity contribution in [2.24, 2.45) is 5.92 Å². The number of nitrogens with one attached hydrogen (secondary N) is 1. The van der Waals surface area contributed by atoms with Gasteiger partial charge in [-0.3, -0.25) is 0 Å². The van der Waals surface area contributed by atoms with E-state index in [1.165, 1.54) is 4.31 Å². The third kappa shape index (κ3) is 5.22. The summed E-state index contributed by atoms with van der Waals surface area (Å²) in [4.78, 5) is 0. The van der Waals surface area contributed by atoms with Crippen LogP contribution in [-0.2, 0) is 10.2 Å². The molecule has 0 aliphatic heterocycles. The Bertz CT molecular complexity index is 332. The minimum absolute atomic E-state index is 0.258. The third-order valence-corrected chi connectivity index (χ3v) is 5.08. The van der Waals surface area contributed by atoms with Crippen molar-refractivity contribution in [1.29, 1.82) is 0 Å². The van der Waals surface area contributed by atoms with Crippen LogP contribution in [0.15, 0.2) is 0 Å². The average Bonchev–Trinajstić information content (AvgIpc) is 2.33. The molecule has 0 saturated heterocycles. The number of rotatable bonds is 7. The number of hydrogen-bond acceptors (Lipinski definition) is 3. The number of unbranched alkanes of at least 4 members (excludes halogenated alkanes) is 1. The highest BCUT2D eigenvalue weighted by atomic mass is 32.2. The van der Waals surface area contributed by atoms with Crippen LogP contribution in [0.2, 0.25) is 0 Å². The third-order valence-electron chi connectivity index (χ3n) is 3.55. The van der Waals surface area contributed by atoms with Crippen molar-refractivity contribution in [3.8, 4) is 0 Å². The van der Waals surface area contributed by atoms with E-state index in [1.807, 2.05) is 6.92 Å². The second-order valence-corrected chi connectivity index (χ2v) is 7.08. The van der Waals surface area contributed by atoms with Gasteiger partial charge in [0.15, 0.2) is 0 Å². The molecule has 0 aromatic rings. The summed E-state index contributed by atoms with van der Waals surface area (Å²) in [5.41, 5.74) is 0. The highest BCUT2D eigenvalue weighted by Gasteiger charge is 2.23. The van der Waals surface area contributed by atoms with Gasteiger partial charge < -0.3 is 5.11 Å². The van der Waals surface area contributed by atoms with Crippen molar-refractivity contribution in [3.63, 3.8) is 0 Å². The lowest BCUT2D eigenvalue weighted by Gasteiger charge is -2.26. The van der Waals surface area contributed by atoms with Gasteiger partial charge >= 0.3 is 0 Å². The van der Waals surface area contributed by atoms with E-state index < -0.39 is 10.2 Å². The van der Waals surface area contributed by atoms with Crippen LogP contribution in [0.4, 0.5) is 0 Å². The summed E-state index contributed by atoms with van der Waals surface area (Å²) in [7, 11) is -1.74. The normalized spacial score (nSPS) is 25.6. The first-order valence-corrected chi connectivity index (χ1v) is 8.28. The molecule has 1 saturated carbocycles. The van der Waals surface area contributed by atoms with Crippen molar-refractivity contribution in [2.75, 3.05) is 20.1 Å². The van der Waals surface area contributed by atoms with E-state index >= 15 is 0 Å². The molecule has 0 heterocycles. The second-order valence-electron chi connectivity index (χ2n) is 5.22. The smallest absolute Gasteiger partial charge is 0.279 e. The van der Waals surface area contributed by atoms with Gasteiger partial charge in [-0.25, -0.2) is 4.72 Å². The van der Waals surface area contributed by atoms with Crippen LogP contribution in [0.3, 0.4) is 0 Å². The maximum Gasteiger partial charge on any atom is 0.279 e. The van der Waals surface area contributed by atoms with Gasteiger partial charge in [0.25, 0.3) is 10.2 Å². The first kappa shape index (κ1) is 15.9. The largest absolute Gasteiger partial charge is 0.393 e. The van der Waals surface area contributed by atoms with Gasteiger partial charge in [-0.1, -0.05) is 19.8 Å². The van der Waals surface area contributed by atoms with E-state index in [-0.39, 0.29) is 12.0 Å². The minimum Gasteiger partial charge on any atom is -0.393 e. The monoisotopic (exact) mass is 278 g/mol. The van der Waals surface area contributed by atoms with Crippen molar-refractivity contribution in [2.45, 2.75) is 51.6 Å². The maximum atomic E-state index is 11.9. The van der Waals surface area contributed by atoms with E-state index in [0.717, 1.165) is 32.1 Å². The Kier molecular flexibility index (Phi) is 6.55. The molecule has 2 atom stereocenters. The van der Waals surface area contributed by atoms with Crippen molar-refractivity contribution < 1.29 is 13.5 Å².